The molecule has 0 bridgehead atoms. The Bertz CT molecular complexity index is 717. The van der Waals surface area contributed by atoms with Crippen LogP contribution in [0.15, 0.2) is 35.7 Å². The van der Waals surface area contributed by atoms with Crippen LogP contribution in [0.5, 0.6) is 0 Å². The Kier molecular flexibility index (Phi) is 5.22. The number of amides is 1. The number of aromatic carboxylic acids is 1. The minimum Gasteiger partial charge on any atom is -0.476 e. The van der Waals surface area contributed by atoms with E-state index in [1.807, 2.05) is 18.2 Å². The van der Waals surface area contributed by atoms with Crippen molar-refractivity contribution in [3.63, 3.8) is 0 Å². The lowest BCUT2D eigenvalue weighted by Gasteiger charge is -2.23. The van der Waals surface area contributed by atoms with E-state index in [1.54, 1.807) is 0 Å². The molecule has 0 aliphatic carbocycles. The normalized spacial score (nSPS) is 17.8. The number of hydrogen-bond donors (Lipinski definition) is 2. The maximum atomic E-state index is 12.5. The van der Waals surface area contributed by atoms with Crippen LogP contribution in [0.1, 0.15) is 33.9 Å². The van der Waals surface area contributed by atoms with Crippen LogP contribution in [0.2, 0.25) is 0 Å². The van der Waals surface area contributed by atoms with Gasteiger partial charge in [0.2, 0.25) is 5.91 Å². The SMILES string of the molecule is O=C(O)c1csc(CNC(=O)[C@@H]2CCCN2Cc2ccccc2)n1. The van der Waals surface area contributed by atoms with E-state index >= 15 is 0 Å². The molecule has 0 radical (unpaired) electrons. The summed E-state index contributed by atoms with van der Waals surface area (Å²) in [6.07, 6.45) is 1.85. The highest BCUT2D eigenvalue weighted by atomic mass is 32.1. The first kappa shape index (κ1) is 16.6. The summed E-state index contributed by atoms with van der Waals surface area (Å²) >= 11 is 1.25. The van der Waals surface area contributed by atoms with Crippen LogP contribution in [0.4, 0.5) is 0 Å². The molecule has 24 heavy (non-hydrogen) atoms. The molecule has 1 aromatic heterocycles. The van der Waals surface area contributed by atoms with E-state index in [4.69, 9.17) is 5.11 Å². The van der Waals surface area contributed by atoms with Gasteiger partial charge in [0.15, 0.2) is 5.69 Å². The third-order valence-electron chi connectivity index (χ3n) is 4.08. The number of rotatable bonds is 6. The molecule has 1 aromatic carbocycles. The third-order valence-corrected chi connectivity index (χ3v) is 4.93. The number of likely N-dealkylation sites (tertiary alicyclic amines) is 1. The number of carboxylic acids is 1. The highest BCUT2D eigenvalue weighted by molar-refractivity contribution is 7.09. The number of nitrogens with one attached hydrogen (secondary N) is 1. The Morgan fingerprint density at radius 2 is 2.12 bits per heavy atom. The highest BCUT2D eigenvalue weighted by Crippen LogP contribution is 2.20. The van der Waals surface area contributed by atoms with Crippen molar-refractivity contribution in [2.24, 2.45) is 0 Å². The minimum atomic E-state index is -1.05. The molecule has 1 aliphatic heterocycles. The lowest BCUT2D eigenvalue weighted by atomic mass is 10.1. The molecular formula is C17H19N3O3S. The number of hydrogen-bond acceptors (Lipinski definition) is 5. The van der Waals surface area contributed by atoms with Crippen LogP contribution < -0.4 is 5.32 Å². The molecule has 1 fully saturated rings. The zero-order chi connectivity index (χ0) is 16.9. The monoisotopic (exact) mass is 345 g/mol. The van der Waals surface area contributed by atoms with Gasteiger partial charge >= 0.3 is 5.97 Å². The molecule has 1 aliphatic rings. The number of carbonyl (C=O) groups excluding carboxylic acids is 1. The quantitative estimate of drug-likeness (QED) is 0.838. The summed E-state index contributed by atoms with van der Waals surface area (Å²) in [6.45, 7) is 1.94. The van der Waals surface area contributed by atoms with E-state index in [-0.39, 0.29) is 24.2 Å². The van der Waals surface area contributed by atoms with Crippen molar-refractivity contribution in [3.8, 4) is 0 Å². The van der Waals surface area contributed by atoms with Gasteiger partial charge in [0.25, 0.3) is 0 Å². The van der Waals surface area contributed by atoms with Crippen molar-refractivity contribution in [1.29, 1.82) is 0 Å². The van der Waals surface area contributed by atoms with Crippen LogP contribution in [-0.2, 0) is 17.9 Å². The minimum absolute atomic E-state index is 0.0180. The highest BCUT2D eigenvalue weighted by Gasteiger charge is 2.30. The predicted octanol–water partition coefficient (Wildman–Crippen LogP) is 2.12. The fourth-order valence-corrected chi connectivity index (χ4v) is 3.61. The average molecular weight is 345 g/mol. The molecule has 1 atom stereocenters. The second-order valence-electron chi connectivity index (χ2n) is 5.76. The summed E-state index contributed by atoms with van der Waals surface area (Å²) in [4.78, 5) is 29.5. The summed E-state index contributed by atoms with van der Waals surface area (Å²) in [6, 6.07) is 9.99. The van der Waals surface area contributed by atoms with E-state index in [2.05, 4.69) is 27.3 Å². The first-order valence-electron chi connectivity index (χ1n) is 7.87. The maximum Gasteiger partial charge on any atom is 0.355 e. The van der Waals surface area contributed by atoms with Crippen LogP contribution in [0, 0.1) is 0 Å². The van der Waals surface area contributed by atoms with E-state index in [9.17, 15) is 9.59 Å². The molecule has 3 rings (SSSR count). The molecule has 7 heteroatoms. The number of thiazole rings is 1. The van der Waals surface area contributed by atoms with Crippen molar-refractivity contribution in [2.45, 2.75) is 32.0 Å². The van der Waals surface area contributed by atoms with Gasteiger partial charge in [-0.25, -0.2) is 9.78 Å². The van der Waals surface area contributed by atoms with Crippen LogP contribution in [-0.4, -0.2) is 39.5 Å². The lowest BCUT2D eigenvalue weighted by Crippen LogP contribution is -2.42. The Hall–Kier alpha value is -2.25. The van der Waals surface area contributed by atoms with E-state index in [0.29, 0.717) is 5.01 Å². The number of aromatic nitrogens is 1. The Balaban J connectivity index is 1.56. The van der Waals surface area contributed by atoms with Crippen molar-refractivity contribution in [2.75, 3.05) is 6.54 Å². The van der Waals surface area contributed by atoms with Gasteiger partial charge in [0.1, 0.15) is 5.01 Å². The van der Waals surface area contributed by atoms with Crippen molar-refractivity contribution in [3.05, 3.63) is 52.0 Å². The number of benzene rings is 1. The zero-order valence-corrected chi connectivity index (χ0v) is 14.0. The fourth-order valence-electron chi connectivity index (χ4n) is 2.90. The average Bonchev–Trinajstić information content (AvgIpc) is 3.23. The largest absolute Gasteiger partial charge is 0.476 e. The first-order chi connectivity index (χ1) is 11.6. The third kappa shape index (κ3) is 3.98. The molecule has 0 unspecified atom stereocenters. The van der Waals surface area contributed by atoms with Gasteiger partial charge in [-0.3, -0.25) is 9.69 Å². The van der Waals surface area contributed by atoms with Gasteiger partial charge < -0.3 is 10.4 Å². The van der Waals surface area contributed by atoms with Crippen molar-refractivity contribution < 1.29 is 14.7 Å². The maximum absolute atomic E-state index is 12.5. The van der Waals surface area contributed by atoms with Gasteiger partial charge in [0.05, 0.1) is 12.6 Å². The van der Waals surface area contributed by atoms with E-state index < -0.39 is 5.97 Å². The fraction of sp³-hybridized carbons (Fsp3) is 0.353. The van der Waals surface area contributed by atoms with Crippen molar-refractivity contribution in [1.82, 2.24) is 15.2 Å². The molecule has 6 nitrogen and oxygen atoms in total. The predicted molar refractivity (Wildman–Crippen MR) is 90.8 cm³/mol. The molecule has 2 N–H and O–H groups in total. The zero-order valence-electron chi connectivity index (χ0n) is 13.1. The van der Waals surface area contributed by atoms with Gasteiger partial charge in [-0.15, -0.1) is 11.3 Å². The van der Waals surface area contributed by atoms with Gasteiger partial charge in [-0.2, -0.15) is 0 Å². The Morgan fingerprint density at radius 1 is 1.33 bits per heavy atom. The van der Waals surface area contributed by atoms with Crippen LogP contribution in [0.25, 0.3) is 0 Å². The Labute approximate surface area is 144 Å². The Morgan fingerprint density at radius 3 is 2.83 bits per heavy atom. The molecule has 0 saturated carbocycles. The van der Waals surface area contributed by atoms with Gasteiger partial charge in [0, 0.05) is 11.9 Å². The summed E-state index contributed by atoms with van der Waals surface area (Å²) in [5, 5.41) is 13.8. The van der Waals surface area contributed by atoms with Gasteiger partial charge in [-0.1, -0.05) is 30.3 Å². The smallest absolute Gasteiger partial charge is 0.355 e. The molecule has 1 amide bonds. The molecule has 1 saturated heterocycles. The first-order valence-corrected chi connectivity index (χ1v) is 8.75. The summed E-state index contributed by atoms with van der Waals surface area (Å²) < 4.78 is 0. The summed E-state index contributed by atoms with van der Waals surface area (Å²) in [5.41, 5.74) is 1.22. The van der Waals surface area contributed by atoms with Gasteiger partial charge in [-0.05, 0) is 24.9 Å². The van der Waals surface area contributed by atoms with E-state index in [0.717, 1.165) is 25.9 Å². The number of carboxylic acid groups (broad SMARTS) is 1. The summed E-state index contributed by atoms with van der Waals surface area (Å²) in [7, 11) is 0. The van der Waals surface area contributed by atoms with Crippen LogP contribution >= 0.6 is 11.3 Å². The standard InChI is InChI=1S/C17H19N3O3S/c21-16(18-9-15-19-13(11-24-15)17(22)23)14-7-4-8-20(14)10-12-5-2-1-3-6-12/h1-3,5-6,11,14H,4,7-10H2,(H,18,21)(H,22,23)/t14-/m0/s1. The molecule has 0 spiro atoms. The van der Waals surface area contributed by atoms with E-state index in [1.165, 1.54) is 22.3 Å². The number of nitrogens with zero attached hydrogens (tertiary/aromatic N) is 2. The molecule has 126 valence electrons. The summed E-state index contributed by atoms with van der Waals surface area (Å²) in [5.74, 6) is -1.07. The topological polar surface area (TPSA) is 82.5 Å². The van der Waals surface area contributed by atoms with Crippen molar-refractivity contribution >= 4 is 23.2 Å². The molecular weight excluding hydrogens is 326 g/mol. The second-order valence-corrected chi connectivity index (χ2v) is 6.71. The number of carbonyl (C=O) groups is 2. The van der Waals surface area contributed by atoms with Crippen LogP contribution in [0.3, 0.4) is 0 Å². The second kappa shape index (κ2) is 7.55. The molecule has 2 heterocycles. The lowest BCUT2D eigenvalue weighted by molar-refractivity contribution is -0.125. The molecule has 2 aromatic rings.